The van der Waals surface area contributed by atoms with Crippen LogP contribution in [0.2, 0.25) is 0 Å². The van der Waals surface area contributed by atoms with Gasteiger partial charge in [-0.15, -0.1) is 0 Å². The first-order valence-electron chi connectivity index (χ1n) is 7.85. The lowest BCUT2D eigenvalue weighted by molar-refractivity contribution is 0.742. The molecule has 23 heavy (non-hydrogen) atoms. The third kappa shape index (κ3) is 2.77. The molecule has 1 aliphatic heterocycles. The third-order valence-corrected chi connectivity index (χ3v) is 5.57. The number of hydrogen-bond donors (Lipinski definition) is 2. The second-order valence-electron chi connectivity index (χ2n) is 5.72. The maximum atomic E-state index is 4.96. The van der Waals surface area contributed by atoms with Gasteiger partial charge in [0.05, 0.1) is 5.25 Å². The molecule has 1 N–H and O–H groups in total. The second-order valence-corrected chi connectivity index (χ2v) is 6.98. The van der Waals surface area contributed by atoms with Gasteiger partial charge >= 0.3 is 0 Å². The van der Waals surface area contributed by atoms with Crippen molar-refractivity contribution in [3.8, 4) is 0 Å². The monoisotopic (exact) mass is 338 g/mol. The highest BCUT2D eigenvalue weighted by Gasteiger charge is 2.20. The largest absolute Gasteiger partial charge is 0.370 e. The number of thiol groups is 1. The average molecular weight is 339 g/mol. The molecule has 2 aromatic carbocycles. The van der Waals surface area contributed by atoms with Crippen LogP contribution in [0.1, 0.15) is 28.4 Å². The predicted octanol–water partition coefficient (Wildman–Crippen LogP) is 4.66. The van der Waals surface area contributed by atoms with Crippen LogP contribution in [-0.2, 0) is 0 Å². The molecule has 3 aromatic rings. The Morgan fingerprint density at radius 3 is 2.78 bits per heavy atom. The molecule has 0 amide bonds. The summed E-state index contributed by atoms with van der Waals surface area (Å²) in [5.41, 5.74) is 3.69. The number of hydrogen-bond acceptors (Lipinski definition) is 4. The normalized spacial score (nSPS) is 16.0. The number of nitrogens with zero attached hydrogens (tertiary/aromatic N) is 1. The van der Waals surface area contributed by atoms with Crippen molar-refractivity contribution >= 4 is 40.6 Å². The van der Waals surface area contributed by atoms with E-state index in [4.69, 9.17) is 12.6 Å². The van der Waals surface area contributed by atoms with Crippen LogP contribution in [0.15, 0.2) is 58.2 Å². The number of thiophene rings is 1. The van der Waals surface area contributed by atoms with Crippen molar-refractivity contribution in [3.63, 3.8) is 0 Å². The molecule has 0 radical (unpaired) electrons. The maximum absolute atomic E-state index is 4.96. The smallest absolute Gasteiger partial charge is 0.129 e. The molecule has 0 bridgehead atoms. The summed E-state index contributed by atoms with van der Waals surface area (Å²) in [5.74, 6) is 1.02. The SMILES string of the molecule is SC(c1cscc1C1=NCCCN1)c1cccc2ccccc12. The molecular formula is C19H18N2S2. The molecule has 0 aliphatic carbocycles. The van der Waals surface area contributed by atoms with Gasteiger partial charge in [0.1, 0.15) is 5.84 Å². The molecule has 2 heterocycles. The van der Waals surface area contributed by atoms with Crippen molar-refractivity contribution in [2.24, 2.45) is 4.99 Å². The van der Waals surface area contributed by atoms with E-state index in [0.29, 0.717) is 0 Å². The summed E-state index contributed by atoms with van der Waals surface area (Å²) in [6.07, 6.45) is 1.11. The van der Waals surface area contributed by atoms with E-state index in [1.54, 1.807) is 11.3 Å². The summed E-state index contributed by atoms with van der Waals surface area (Å²) < 4.78 is 0. The third-order valence-electron chi connectivity index (χ3n) is 4.26. The Labute approximate surface area is 145 Å². The highest BCUT2D eigenvalue weighted by Crippen LogP contribution is 2.36. The summed E-state index contributed by atoms with van der Waals surface area (Å²) in [4.78, 5) is 4.65. The van der Waals surface area contributed by atoms with Gasteiger partial charge in [0.25, 0.3) is 0 Å². The van der Waals surface area contributed by atoms with Gasteiger partial charge in [0.15, 0.2) is 0 Å². The molecule has 4 heteroatoms. The van der Waals surface area contributed by atoms with Crippen molar-refractivity contribution in [2.45, 2.75) is 11.7 Å². The Morgan fingerprint density at radius 1 is 1.04 bits per heavy atom. The maximum Gasteiger partial charge on any atom is 0.129 e. The minimum absolute atomic E-state index is 0.0498. The van der Waals surface area contributed by atoms with Gasteiger partial charge in [0, 0.05) is 24.0 Å². The lowest BCUT2D eigenvalue weighted by atomic mass is 9.97. The van der Waals surface area contributed by atoms with Gasteiger partial charge in [-0.05, 0) is 33.7 Å². The van der Waals surface area contributed by atoms with E-state index in [0.717, 1.165) is 25.3 Å². The van der Waals surface area contributed by atoms with E-state index >= 15 is 0 Å². The van der Waals surface area contributed by atoms with Gasteiger partial charge < -0.3 is 5.32 Å². The number of rotatable bonds is 3. The van der Waals surface area contributed by atoms with Crippen molar-refractivity contribution in [2.75, 3.05) is 13.1 Å². The van der Waals surface area contributed by atoms with Crippen LogP contribution < -0.4 is 5.32 Å². The molecule has 0 saturated heterocycles. The molecule has 1 aromatic heterocycles. The Morgan fingerprint density at radius 2 is 1.91 bits per heavy atom. The predicted molar refractivity (Wildman–Crippen MR) is 103 cm³/mol. The van der Waals surface area contributed by atoms with Crippen molar-refractivity contribution in [1.82, 2.24) is 5.32 Å². The molecule has 0 fully saturated rings. The zero-order chi connectivity index (χ0) is 15.6. The molecule has 0 spiro atoms. The summed E-state index contributed by atoms with van der Waals surface area (Å²) in [6, 6.07) is 14.9. The molecule has 1 aliphatic rings. The second kappa shape index (κ2) is 6.38. The first-order valence-corrected chi connectivity index (χ1v) is 9.31. The van der Waals surface area contributed by atoms with E-state index < -0.39 is 0 Å². The standard InChI is InChI=1S/C19H18N2S2/c22-18(15-8-3-6-13-5-1-2-7-14(13)15)16-11-23-12-17(16)19-20-9-4-10-21-19/h1-3,5-8,11-12,18,22H,4,9-10H2,(H,20,21). The molecule has 2 nitrogen and oxygen atoms in total. The molecule has 1 unspecified atom stereocenters. The zero-order valence-corrected chi connectivity index (χ0v) is 14.4. The minimum Gasteiger partial charge on any atom is -0.370 e. The zero-order valence-electron chi connectivity index (χ0n) is 12.7. The van der Waals surface area contributed by atoms with Crippen LogP contribution in [-0.4, -0.2) is 18.9 Å². The molecule has 4 rings (SSSR count). The van der Waals surface area contributed by atoms with Crippen LogP contribution in [0.4, 0.5) is 0 Å². The van der Waals surface area contributed by atoms with Crippen molar-refractivity contribution in [1.29, 1.82) is 0 Å². The van der Waals surface area contributed by atoms with Crippen LogP contribution in [0.25, 0.3) is 10.8 Å². The summed E-state index contributed by atoms with van der Waals surface area (Å²) in [6.45, 7) is 1.91. The highest BCUT2D eigenvalue weighted by atomic mass is 32.1. The van der Waals surface area contributed by atoms with Crippen LogP contribution >= 0.6 is 24.0 Å². The van der Waals surface area contributed by atoms with Crippen LogP contribution in [0, 0.1) is 0 Å². The number of fused-ring (bicyclic) bond motifs is 1. The van der Waals surface area contributed by atoms with E-state index in [1.807, 2.05) is 0 Å². The lowest BCUT2D eigenvalue weighted by Gasteiger charge is -2.19. The Hall–Kier alpha value is -1.78. The van der Waals surface area contributed by atoms with Gasteiger partial charge in [-0.2, -0.15) is 24.0 Å². The Bertz CT molecular complexity index is 861. The van der Waals surface area contributed by atoms with Crippen molar-refractivity contribution < 1.29 is 0 Å². The molecule has 116 valence electrons. The summed E-state index contributed by atoms with van der Waals surface area (Å²) in [7, 11) is 0. The summed E-state index contributed by atoms with van der Waals surface area (Å²) in [5, 5.41) is 10.4. The highest BCUT2D eigenvalue weighted by molar-refractivity contribution is 7.80. The van der Waals surface area contributed by atoms with Gasteiger partial charge in [-0.25, -0.2) is 0 Å². The molecule has 0 saturated carbocycles. The van der Waals surface area contributed by atoms with E-state index in [9.17, 15) is 0 Å². The summed E-state index contributed by atoms with van der Waals surface area (Å²) >= 11 is 6.68. The lowest BCUT2D eigenvalue weighted by Crippen LogP contribution is -2.30. The Balaban J connectivity index is 1.79. The van der Waals surface area contributed by atoms with Crippen molar-refractivity contribution in [3.05, 3.63) is 69.9 Å². The number of benzene rings is 2. The fraction of sp³-hybridized carbons (Fsp3) is 0.211. The topological polar surface area (TPSA) is 24.4 Å². The Kier molecular flexibility index (Phi) is 4.10. The fourth-order valence-corrected chi connectivity index (χ4v) is 4.48. The van der Waals surface area contributed by atoms with E-state index in [1.165, 1.54) is 27.5 Å². The quantitative estimate of drug-likeness (QED) is 0.667. The number of nitrogens with one attached hydrogen (secondary N) is 1. The van der Waals surface area contributed by atoms with Crippen LogP contribution in [0.5, 0.6) is 0 Å². The van der Waals surface area contributed by atoms with Crippen LogP contribution in [0.3, 0.4) is 0 Å². The van der Waals surface area contributed by atoms with Gasteiger partial charge in [0.2, 0.25) is 0 Å². The van der Waals surface area contributed by atoms with E-state index in [-0.39, 0.29) is 5.25 Å². The average Bonchev–Trinajstić information content (AvgIpc) is 3.11. The first kappa shape index (κ1) is 14.8. The van der Waals surface area contributed by atoms with Gasteiger partial charge in [-0.3, -0.25) is 4.99 Å². The van der Waals surface area contributed by atoms with Gasteiger partial charge in [-0.1, -0.05) is 42.5 Å². The molecule has 1 atom stereocenters. The fourth-order valence-electron chi connectivity index (χ4n) is 3.08. The molecular weight excluding hydrogens is 320 g/mol. The number of aliphatic imine (C=N–C) groups is 1. The van der Waals surface area contributed by atoms with E-state index in [2.05, 4.69) is 63.5 Å². The first-order chi connectivity index (χ1) is 11.3. The minimum atomic E-state index is 0.0498. The number of amidine groups is 1.